The summed E-state index contributed by atoms with van der Waals surface area (Å²) in [6, 6.07) is 30.0. The van der Waals surface area contributed by atoms with Gasteiger partial charge in [0.1, 0.15) is 6.67 Å². The molecule has 1 heterocycles. The minimum atomic E-state index is 0.585. The molecule has 3 nitrogen and oxygen atoms in total. The minimum Gasteiger partial charge on any atom is -0.367 e. The Bertz CT molecular complexity index is 1160. The van der Waals surface area contributed by atoms with Crippen LogP contribution in [0.4, 0.5) is 11.4 Å². The highest BCUT2D eigenvalue weighted by Gasteiger charge is 2.35. The molecule has 0 aromatic heterocycles. The Hall–Kier alpha value is -3.20. The highest BCUT2D eigenvalue weighted by atomic mass is 15.4. The van der Waals surface area contributed by atoms with Crippen LogP contribution < -0.4 is 9.80 Å². The summed E-state index contributed by atoms with van der Waals surface area (Å²) in [5, 5.41) is 0. The molecule has 3 aromatic carbocycles. The lowest BCUT2D eigenvalue weighted by Crippen LogP contribution is -2.43. The van der Waals surface area contributed by atoms with E-state index in [4.69, 9.17) is 0 Å². The second-order valence-corrected chi connectivity index (χ2v) is 9.88. The SMILES string of the molecule is CCN1[CH]N(C2CCC(N(Cc3ccccc3)C3=Cc4ccccc4C3)CC2)c2ccccc21. The number of allylic oxidation sites excluding steroid dienone is 1. The average molecular weight is 449 g/mol. The first-order valence-electron chi connectivity index (χ1n) is 12.9. The molecule has 173 valence electrons. The Labute approximate surface area is 204 Å². The lowest BCUT2D eigenvalue weighted by atomic mass is 9.88. The third-order valence-corrected chi connectivity index (χ3v) is 7.89. The van der Waals surface area contributed by atoms with Gasteiger partial charge in [-0.25, -0.2) is 0 Å². The van der Waals surface area contributed by atoms with Crippen molar-refractivity contribution in [3.8, 4) is 0 Å². The zero-order chi connectivity index (χ0) is 22.9. The molecule has 3 aliphatic rings. The number of hydrogen-bond acceptors (Lipinski definition) is 3. The van der Waals surface area contributed by atoms with E-state index in [0.29, 0.717) is 12.1 Å². The van der Waals surface area contributed by atoms with E-state index in [1.165, 1.54) is 59.4 Å². The fourth-order valence-electron chi connectivity index (χ4n) is 6.08. The molecular formula is C31H34N3. The van der Waals surface area contributed by atoms with Gasteiger partial charge >= 0.3 is 0 Å². The van der Waals surface area contributed by atoms with Crippen LogP contribution in [0.2, 0.25) is 0 Å². The van der Waals surface area contributed by atoms with Crippen molar-refractivity contribution in [1.82, 2.24) is 4.90 Å². The molecule has 3 heteroatoms. The first-order valence-corrected chi connectivity index (χ1v) is 12.9. The van der Waals surface area contributed by atoms with Crippen molar-refractivity contribution in [3.63, 3.8) is 0 Å². The van der Waals surface area contributed by atoms with E-state index >= 15 is 0 Å². The van der Waals surface area contributed by atoms with Crippen LogP contribution in [0.5, 0.6) is 0 Å². The van der Waals surface area contributed by atoms with Crippen molar-refractivity contribution >= 4 is 17.5 Å². The molecule has 3 aromatic rings. The first-order chi connectivity index (χ1) is 16.8. The quantitative estimate of drug-likeness (QED) is 0.408. The number of anilines is 2. The van der Waals surface area contributed by atoms with Crippen LogP contribution in [0.25, 0.3) is 6.08 Å². The van der Waals surface area contributed by atoms with E-state index in [9.17, 15) is 0 Å². The van der Waals surface area contributed by atoms with Crippen LogP contribution in [-0.4, -0.2) is 23.5 Å². The van der Waals surface area contributed by atoms with Crippen molar-refractivity contribution in [1.29, 1.82) is 0 Å². The number of nitrogens with zero attached hydrogens (tertiary/aromatic N) is 3. The molecule has 0 saturated heterocycles. The van der Waals surface area contributed by atoms with E-state index in [1.807, 2.05) is 0 Å². The van der Waals surface area contributed by atoms with Crippen LogP contribution in [0.1, 0.15) is 49.3 Å². The Morgan fingerprint density at radius 1 is 0.794 bits per heavy atom. The minimum absolute atomic E-state index is 0.585. The molecule has 2 aliphatic carbocycles. The highest BCUT2D eigenvalue weighted by molar-refractivity contribution is 5.78. The Morgan fingerprint density at radius 2 is 1.50 bits per heavy atom. The van der Waals surface area contributed by atoms with E-state index in [2.05, 4.69) is 113 Å². The van der Waals surface area contributed by atoms with Gasteiger partial charge in [0.15, 0.2) is 0 Å². The molecule has 0 atom stereocenters. The molecule has 34 heavy (non-hydrogen) atoms. The second-order valence-electron chi connectivity index (χ2n) is 9.88. The lowest BCUT2D eigenvalue weighted by molar-refractivity contribution is 0.182. The maximum Gasteiger partial charge on any atom is 0.142 e. The zero-order valence-corrected chi connectivity index (χ0v) is 20.1. The summed E-state index contributed by atoms with van der Waals surface area (Å²) in [6.07, 6.45) is 8.44. The third-order valence-electron chi connectivity index (χ3n) is 7.89. The van der Waals surface area contributed by atoms with Gasteiger partial charge in [-0.1, -0.05) is 66.7 Å². The van der Waals surface area contributed by atoms with Gasteiger partial charge in [-0.3, -0.25) is 0 Å². The Morgan fingerprint density at radius 3 is 2.26 bits per heavy atom. The third kappa shape index (κ3) is 3.98. The highest BCUT2D eigenvalue weighted by Crippen LogP contribution is 2.42. The first kappa shape index (κ1) is 21.3. The average Bonchev–Trinajstić information content (AvgIpc) is 3.50. The molecule has 0 amide bonds. The molecule has 0 bridgehead atoms. The largest absolute Gasteiger partial charge is 0.367 e. The fraction of sp³-hybridized carbons (Fsp3) is 0.323. The summed E-state index contributed by atoms with van der Waals surface area (Å²) < 4.78 is 0. The maximum absolute atomic E-state index is 2.73. The van der Waals surface area contributed by atoms with Crippen molar-refractivity contribution in [3.05, 3.63) is 108 Å². The number of hydrogen-bond donors (Lipinski definition) is 0. The van der Waals surface area contributed by atoms with Crippen molar-refractivity contribution < 1.29 is 0 Å². The fourth-order valence-corrected chi connectivity index (χ4v) is 6.08. The zero-order valence-electron chi connectivity index (χ0n) is 20.1. The predicted octanol–water partition coefficient (Wildman–Crippen LogP) is 6.86. The molecule has 0 N–H and O–H groups in total. The Kier molecular flexibility index (Phi) is 5.78. The molecule has 1 aliphatic heterocycles. The summed E-state index contributed by atoms with van der Waals surface area (Å²) >= 11 is 0. The molecule has 0 unspecified atom stereocenters. The van der Waals surface area contributed by atoms with E-state index < -0.39 is 0 Å². The van der Waals surface area contributed by atoms with Crippen LogP contribution in [0.15, 0.2) is 84.6 Å². The van der Waals surface area contributed by atoms with Crippen molar-refractivity contribution in [2.45, 2.75) is 57.7 Å². The molecule has 1 fully saturated rings. The number of fused-ring (bicyclic) bond motifs is 2. The van der Waals surface area contributed by atoms with Gasteiger partial charge in [0, 0.05) is 37.3 Å². The molecule has 1 radical (unpaired) electrons. The monoisotopic (exact) mass is 448 g/mol. The van der Waals surface area contributed by atoms with Crippen LogP contribution >= 0.6 is 0 Å². The summed E-state index contributed by atoms with van der Waals surface area (Å²) in [6.45, 7) is 6.61. The normalized spacial score (nSPS) is 21.3. The smallest absolute Gasteiger partial charge is 0.142 e. The Balaban J connectivity index is 1.20. The van der Waals surface area contributed by atoms with Crippen LogP contribution in [-0.2, 0) is 13.0 Å². The van der Waals surface area contributed by atoms with Gasteiger partial charge in [0.05, 0.1) is 11.4 Å². The molecule has 1 saturated carbocycles. The van der Waals surface area contributed by atoms with Crippen molar-refractivity contribution in [2.24, 2.45) is 0 Å². The van der Waals surface area contributed by atoms with Crippen molar-refractivity contribution in [2.75, 3.05) is 16.3 Å². The van der Waals surface area contributed by atoms with Gasteiger partial charge in [-0.15, -0.1) is 0 Å². The van der Waals surface area contributed by atoms with E-state index in [-0.39, 0.29) is 0 Å². The van der Waals surface area contributed by atoms with Crippen LogP contribution in [0.3, 0.4) is 0 Å². The van der Waals surface area contributed by atoms with E-state index in [0.717, 1.165) is 19.5 Å². The maximum atomic E-state index is 2.73. The number of benzene rings is 3. The molecule has 0 spiro atoms. The summed E-state index contributed by atoms with van der Waals surface area (Å²) in [5.41, 5.74) is 8.49. The van der Waals surface area contributed by atoms with Gasteiger partial charge < -0.3 is 14.7 Å². The molecular weight excluding hydrogens is 414 g/mol. The van der Waals surface area contributed by atoms with Gasteiger partial charge in [-0.05, 0) is 67.5 Å². The van der Waals surface area contributed by atoms with Gasteiger partial charge in [-0.2, -0.15) is 0 Å². The topological polar surface area (TPSA) is 9.72 Å². The summed E-state index contributed by atoms with van der Waals surface area (Å²) in [7, 11) is 0. The summed E-state index contributed by atoms with van der Waals surface area (Å²) in [5.74, 6) is 0. The number of para-hydroxylation sites is 2. The number of rotatable bonds is 6. The second kappa shape index (κ2) is 9.21. The van der Waals surface area contributed by atoms with Gasteiger partial charge in [0.25, 0.3) is 0 Å². The summed E-state index contributed by atoms with van der Waals surface area (Å²) in [4.78, 5) is 7.68. The van der Waals surface area contributed by atoms with Gasteiger partial charge in [0.2, 0.25) is 0 Å². The lowest BCUT2D eigenvalue weighted by Gasteiger charge is -2.42. The van der Waals surface area contributed by atoms with E-state index in [1.54, 1.807) is 0 Å². The standard InChI is InChI=1S/C31H34N3/c1-2-32-23-34(31-15-9-8-14-30(31)32)28-18-16-27(17-19-28)33(22-24-10-4-3-5-11-24)29-20-25-12-6-7-13-26(25)21-29/h3-15,20,23,27-28H,2,16-19,21-22H2,1H3. The van der Waals surface area contributed by atoms with Crippen LogP contribution in [0, 0.1) is 6.67 Å². The molecule has 6 rings (SSSR count). The predicted molar refractivity (Wildman–Crippen MR) is 142 cm³/mol.